The Morgan fingerprint density at radius 3 is 3.00 bits per heavy atom. The van der Waals surface area contributed by atoms with Gasteiger partial charge in [0.15, 0.2) is 5.82 Å². The average molecular weight is 257 g/mol. The van der Waals surface area contributed by atoms with E-state index in [2.05, 4.69) is 15.3 Å². The summed E-state index contributed by atoms with van der Waals surface area (Å²) in [7, 11) is 0. The monoisotopic (exact) mass is 257 g/mol. The van der Waals surface area contributed by atoms with E-state index >= 15 is 0 Å². The van der Waals surface area contributed by atoms with Gasteiger partial charge >= 0.3 is 0 Å². The second-order valence-electron chi connectivity index (χ2n) is 4.02. The zero-order valence-electron chi connectivity index (χ0n) is 9.73. The molecule has 18 heavy (non-hydrogen) atoms. The van der Waals surface area contributed by atoms with Crippen LogP contribution in [0.3, 0.4) is 0 Å². The van der Waals surface area contributed by atoms with Gasteiger partial charge in [0.2, 0.25) is 0 Å². The van der Waals surface area contributed by atoms with Gasteiger partial charge in [-0.3, -0.25) is 4.79 Å². The van der Waals surface area contributed by atoms with Crippen LogP contribution >= 0.6 is 11.3 Å². The number of anilines is 2. The number of aromatic nitrogens is 2. The van der Waals surface area contributed by atoms with Crippen LogP contribution in [0.5, 0.6) is 0 Å². The lowest BCUT2D eigenvalue weighted by Crippen LogP contribution is -2.07. The molecule has 0 bridgehead atoms. The van der Waals surface area contributed by atoms with E-state index in [0.717, 1.165) is 33.8 Å². The minimum atomic E-state index is -0.0701. The fraction of sp³-hybridized carbons (Fsp3) is 0.0769. The van der Waals surface area contributed by atoms with E-state index in [1.54, 1.807) is 5.38 Å². The normalized spacial score (nSPS) is 10.7. The van der Waals surface area contributed by atoms with Crippen molar-refractivity contribution in [3.8, 4) is 0 Å². The van der Waals surface area contributed by atoms with Crippen molar-refractivity contribution in [3.63, 3.8) is 0 Å². The highest BCUT2D eigenvalue weighted by molar-refractivity contribution is 7.07. The van der Waals surface area contributed by atoms with Crippen LogP contribution in [0.25, 0.3) is 10.9 Å². The van der Waals surface area contributed by atoms with Crippen LogP contribution in [0.4, 0.5) is 11.6 Å². The molecule has 2 N–H and O–H groups in total. The SMILES string of the molecule is Cc1csc(=O)c(Nc2cc3ccccc3[nH]2)n1. The highest BCUT2D eigenvalue weighted by atomic mass is 32.1. The maximum atomic E-state index is 11.7. The highest BCUT2D eigenvalue weighted by Gasteiger charge is 2.05. The van der Waals surface area contributed by atoms with Gasteiger partial charge in [0.1, 0.15) is 5.82 Å². The van der Waals surface area contributed by atoms with Gasteiger partial charge in [0.25, 0.3) is 4.74 Å². The largest absolute Gasteiger partial charge is 0.341 e. The molecule has 3 aromatic rings. The Bertz CT molecular complexity index is 727. The van der Waals surface area contributed by atoms with Crippen molar-refractivity contribution in [1.82, 2.24) is 9.97 Å². The summed E-state index contributed by atoms with van der Waals surface area (Å²) in [5, 5.41) is 5.88. The molecule has 3 rings (SSSR count). The lowest BCUT2D eigenvalue weighted by atomic mass is 10.2. The van der Waals surface area contributed by atoms with Gasteiger partial charge in [0.05, 0.1) is 0 Å². The molecule has 2 heterocycles. The molecule has 1 aromatic carbocycles. The van der Waals surface area contributed by atoms with Gasteiger partial charge in [-0.05, 0) is 19.1 Å². The van der Waals surface area contributed by atoms with Gasteiger partial charge in [0, 0.05) is 22.0 Å². The molecular weight excluding hydrogens is 246 g/mol. The number of aryl methyl sites for hydroxylation is 1. The highest BCUT2D eigenvalue weighted by Crippen LogP contribution is 2.20. The van der Waals surface area contributed by atoms with Crippen LogP contribution in [-0.4, -0.2) is 9.97 Å². The molecule has 2 aromatic heterocycles. The van der Waals surface area contributed by atoms with Gasteiger partial charge in [-0.2, -0.15) is 0 Å². The lowest BCUT2D eigenvalue weighted by molar-refractivity contribution is 1.20. The molecule has 90 valence electrons. The third-order valence-electron chi connectivity index (χ3n) is 2.60. The predicted octanol–water partition coefficient (Wildman–Crippen LogP) is 3.04. The molecule has 0 aliphatic carbocycles. The van der Waals surface area contributed by atoms with Gasteiger partial charge in [-0.15, -0.1) is 0 Å². The van der Waals surface area contributed by atoms with Crippen molar-refractivity contribution in [2.24, 2.45) is 0 Å². The molecule has 0 aliphatic heterocycles. The molecule has 0 saturated carbocycles. The van der Waals surface area contributed by atoms with E-state index in [9.17, 15) is 4.79 Å². The summed E-state index contributed by atoms with van der Waals surface area (Å²) in [6.07, 6.45) is 0. The number of para-hydroxylation sites is 1. The number of H-pyrrole nitrogens is 1. The Labute approximate surface area is 107 Å². The van der Waals surface area contributed by atoms with Crippen molar-refractivity contribution in [1.29, 1.82) is 0 Å². The number of nitrogens with zero attached hydrogens (tertiary/aromatic N) is 1. The molecule has 0 saturated heterocycles. The van der Waals surface area contributed by atoms with Crippen molar-refractivity contribution >= 4 is 33.9 Å². The molecule has 4 nitrogen and oxygen atoms in total. The maximum Gasteiger partial charge on any atom is 0.275 e. The van der Waals surface area contributed by atoms with Gasteiger partial charge in [-0.1, -0.05) is 29.5 Å². The molecule has 0 unspecified atom stereocenters. The quantitative estimate of drug-likeness (QED) is 0.742. The predicted molar refractivity (Wildman–Crippen MR) is 74.7 cm³/mol. The lowest BCUT2D eigenvalue weighted by Gasteiger charge is -2.01. The first-order chi connectivity index (χ1) is 8.72. The van der Waals surface area contributed by atoms with Crippen LogP contribution in [0.2, 0.25) is 0 Å². The van der Waals surface area contributed by atoms with Crippen LogP contribution < -0.4 is 10.1 Å². The van der Waals surface area contributed by atoms with Crippen molar-refractivity contribution in [2.45, 2.75) is 6.92 Å². The molecule has 0 fully saturated rings. The third-order valence-corrected chi connectivity index (χ3v) is 3.47. The summed E-state index contributed by atoms with van der Waals surface area (Å²) in [5.41, 5.74) is 1.86. The maximum absolute atomic E-state index is 11.7. The number of fused-ring (bicyclic) bond motifs is 1. The summed E-state index contributed by atoms with van der Waals surface area (Å²) in [6.45, 7) is 1.87. The van der Waals surface area contributed by atoms with Gasteiger partial charge < -0.3 is 10.3 Å². The van der Waals surface area contributed by atoms with E-state index in [1.807, 2.05) is 37.3 Å². The number of hydrogen-bond acceptors (Lipinski definition) is 4. The Morgan fingerprint density at radius 2 is 2.17 bits per heavy atom. The van der Waals surface area contributed by atoms with Crippen LogP contribution in [0.1, 0.15) is 5.69 Å². The smallest absolute Gasteiger partial charge is 0.275 e. The number of benzene rings is 1. The summed E-state index contributed by atoms with van der Waals surface area (Å²) in [4.78, 5) is 19.1. The summed E-state index contributed by atoms with van der Waals surface area (Å²) in [6, 6.07) is 9.91. The van der Waals surface area contributed by atoms with E-state index in [4.69, 9.17) is 0 Å². The molecule has 0 spiro atoms. The molecule has 0 aliphatic rings. The fourth-order valence-electron chi connectivity index (χ4n) is 1.79. The van der Waals surface area contributed by atoms with Gasteiger partial charge in [-0.25, -0.2) is 4.98 Å². The topological polar surface area (TPSA) is 57.8 Å². The van der Waals surface area contributed by atoms with E-state index < -0.39 is 0 Å². The van der Waals surface area contributed by atoms with E-state index in [-0.39, 0.29) is 4.74 Å². The Morgan fingerprint density at radius 1 is 1.33 bits per heavy atom. The average Bonchev–Trinajstić information content (AvgIpc) is 2.76. The Balaban J connectivity index is 2.01. The zero-order chi connectivity index (χ0) is 12.5. The van der Waals surface area contributed by atoms with E-state index in [1.165, 1.54) is 0 Å². The first kappa shape index (κ1) is 11.0. The summed E-state index contributed by atoms with van der Waals surface area (Å²) < 4.78 is -0.0701. The third kappa shape index (κ3) is 2.00. The number of aromatic amines is 1. The number of rotatable bonds is 2. The molecular formula is C13H11N3OS. The minimum Gasteiger partial charge on any atom is -0.341 e. The zero-order valence-corrected chi connectivity index (χ0v) is 10.5. The van der Waals surface area contributed by atoms with Crippen LogP contribution in [-0.2, 0) is 0 Å². The second kappa shape index (κ2) is 4.27. The molecule has 0 radical (unpaired) electrons. The van der Waals surface area contributed by atoms with Crippen LogP contribution in [0, 0.1) is 6.92 Å². The standard InChI is InChI=1S/C13H11N3OS/c1-8-7-18-13(17)12(14-8)16-11-6-9-4-2-3-5-10(9)15-11/h2-7,15H,1H3,(H,14,16). The van der Waals surface area contributed by atoms with Crippen molar-refractivity contribution < 1.29 is 0 Å². The van der Waals surface area contributed by atoms with Crippen molar-refractivity contribution in [2.75, 3.05) is 5.32 Å². The molecule has 0 atom stereocenters. The fourth-order valence-corrected chi connectivity index (χ4v) is 2.33. The summed E-state index contributed by atoms with van der Waals surface area (Å²) in [5.74, 6) is 1.14. The number of hydrogen-bond donors (Lipinski definition) is 2. The van der Waals surface area contributed by atoms with E-state index in [0.29, 0.717) is 5.82 Å². The number of nitrogens with one attached hydrogen (secondary N) is 2. The Hall–Kier alpha value is -2.14. The van der Waals surface area contributed by atoms with Crippen molar-refractivity contribution in [3.05, 3.63) is 50.9 Å². The first-order valence-electron chi connectivity index (χ1n) is 5.53. The molecule has 5 heteroatoms. The minimum absolute atomic E-state index is 0.0701. The first-order valence-corrected chi connectivity index (χ1v) is 6.41. The summed E-state index contributed by atoms with van der Waals surface area (Å²) >= 11 is 1.15. The van der Waals surface area contributed by atoms with Crippen LogP contribution in [0.15, 0.2) is 40.5 Å². The second-order valence-corrected chi connectivity index (χ2v) is 4.86. The molecule has 0 amide bonds. The Kier molecular flexibility index (Phi) is 2.60.